The summed E-state index contributed by atoms with van der Waals surface area (Å²) in [6, 6.07) is 12.9. The highest BCUT2D eigenvalue weighted by molar-refractivity contribution is 6.31. The molecule has 0 spiro atoms. The van der Waals surface area contributed by atoms with Crippen molar-refractivity contribution in [3.8, 4) is 11.3 Å². The highest BCUT2D eigenvalue weighted by atomic mass is 35.5. The predicted octanol–water partition coefficient (Wildman–Crippen LogP) is 4.69. The lowest BCUT2D eigenvalue weighted by Gasteiger charge is -2.04. The Morgan fingerprint density at radius 2 is 1.88 bits per heavy atom. The zero-order valence-corrected chi connectivity index (χ0v) is 13.4. The van der Waals surface area contributed by atoms with E-state index in [1.165, 1.54) is 42.5 Å². The third-order valence-corrected chi connectivity index (χ3v) is 3.69. The molecule has 3 rings (SSSR count). The van der Waals surface area contributed by atoms with Crippen LogP contribution in [-0.4, -0.2) is 17.0 Å². The molecule has 0 saturated carbocycles. The summed E-state index contributed by atoms with van der Waals surface area (Å²) < 4.78 is 18.7. The molecule has 1 amide bonds. The van der Waals surface area contributed by atoms with Crippen molar-refractivity contribution in [1.82, 2.24) is 0 Å². The molecule has 0 aliphatic carbocycles. The predicted molar refractivity (Wildman–Crippen MR) is 90.5 cm³/mol. The molecule has 0 aliphatic rings. The van der Waals surface area contributed by atoms with E-state index in [4.69, 9.17) is 21.1 Å². The summed E-state index contributed by atoms with van der Waals surface area (Å²) in [5.41, 5.74) is 0.907. The van der Waals surface area contributed by atoms with Crippen LogP contribution in [0.15, 0.2) is 59.0 Å². The van der Waals surface area contributed by atoms with E-state index in [1.807, 2.05) is 0 Å². The third-order valence-electron chi connectivity index (χ3n) is 3.40. The molecule has 126 valence electrons. The molecule has 0 bridgehead atoms. The maximum Gasteiger partial charge on any atom is 0.335 e. The Morgan fingerprint density at radius 3 is 2.60 bits per heavy atom. The maximum absolute atomic E-state index is 13.2. The number of carboxylic acid groups (broad SMARTS) is 1. The number of nitrogens with one attached hydrogen (secondary N) is 1. The molecule has 7 heteroatoms. The topological polar surface area (TPSA) is 79.5 Å². The zero-order chi connectivity index (χ0) is 18.0. The average Bonchev–Trinajstić information content (AvgIpc) is 3.08. The van der Waals surface area contributed by atoms with Crippen LogP contribution in [0.5, 0.6) is 0 Å². The fraction of sp³-hybridized carbons (Fsp3) is 0. The number of halogens is 2. The minimum absolute atomic E-state index is 0.0242. The summed E-state index contributed by atoms with van der Waals surface area (Å²) in [6.45, 7) is 0. The minimum atomic E-state index is -1.09. The molecule has 5 nitrogen and oxygen atoms in total. The van der Waals surface area contributed by atoms with Crippen LogP contribution in [0.1, 0.15) is 20.9 Å². The van der Waals surface area contributed by atoms with Gasteiger partial charge in [-0.2, -0.15) is 0 Å². The number of hydrogen-bond donors (Lipinski definition) is 2. The Labute approximate surface area is 146 Å². The van der Waals surface area contributed by atoms with Crippen molar-refractivity contribution in [3.63, 3.8) is 0 Å². The number of anilines is 1. The number of carboxylic acids is 1. The van der Waals surface area contributed by atoms with Gasteiger partial charge in [0, 0.05) is 11.3 Å². The van der Waals surface area contributed by atoms with Gasteiger partial charge in [0.25, 0.3) is 5.91 Å². The zero-order valence-electron chi connectivity index (χ0n) is 12.6. The van der Waals surface area contributed by atoms with Crippen LogP contribution >= 0.6 is 11.6 Å². The quantitative estimate of drug-likeness (QED) is 0.708. The monoisotopic (exact) mass is 359 g/mol. The van der Waals surface area contributed by atoms with E-state index in [0.717, 1.165) is 0 Å². The molecule has 3 aromatic rings. The summed E-state index contributed by atoms with van der Waals surface area (Å²) in [4.78, 5) is 23.2. The summed E-state index contributed by atoms with van der Waals surface area (Å²) >= 11 is 5.74. The number of rotatable bonds is 4. The minimum Gasteiger partial charge on any atom is -0.478 e. The molecule has 2 aromatic carbocycles. The van der Waals surface area contributed by atoms with Crippen molar-refractivity contribution in [2.24, 2.45) is 0 Å². The Hall–Kier alpha value is -3.12. The third kappa shape index (κ3) is 3.70. The number of carbonyl (C=O) groups excluding carboxylic acids is 1. The Balaban J connectivity index is 1.80. The molecular weight excluding hydrogens is 349 g/mol. The fourth-order valence-corrected chi connectivity index (χ4v) is 2.37. The second-order valence-corrected chi connectivity index (χ2v) is 5.54. The van der Waals surface area contributed by atoms with E-state index in [1.54, 1.807) is 12.1 Å². The van der Waals surface area contributed by atoms with Crippen molar-refractivity contribution < 1.29 is 23.5 Å². The number of carbonyl (C=O) groups is 2. The van der Waals surface area contributed by atoms with Gasteiger partial charge in [-0.3, -0.25) is 4.79 Å². The van der Waals surface area contributed by atoms with E-state index in [0.29, 0.717) is 17.0 Å². The Morgan fingerprint density at radius 1 is 1.08 bits per heavy atom. The first-order chi connectivity index (χ1) is 11.9. The van der Waals surface area contributed by atoms with Crippen molar-refractivity contribution in [2.75, 3.05) is 5.32 Å². The first-order valence-corrected chi connectivity index (χ1v) is 7.52. The van der Waals surface area contributed by atoms with Gasteiger partial charge in [-0.05, 0) is 48.5 Å². The van der Waals surface area contributed by atoms with E-state index in [2.05, 4.69) is 5.32 Å². The highest BCUT2D eigenvalue weighted by Gasteiger charge is 2.14. The number of furan rings is 1. The van der Waals surface area contributed by atoms with Gasteiger partial charge in [0.15, 0.2) is 5.76 Å². The first kappa shape index (κ1) is 16.7. The van der Waals surface area contributed by atoms with Crippen LogP contribution in [0, 0.1) is 5.82 Å². The van der Waals surface area contributed by atoms with Crippen molar-refractivity contribution >= 4 is 29.2 Å². The van der Waals surface area contributed by atoms with Gasteiger partial charge in [0.2, 0.25) is 0 Å². The average molecular weight is 360 g/mol. The number of hydrogen-bond acceptors (Lipinski definition) is 3. The number of aromatic carboxylic acids is 1. The number of benzene rings is 2. The smallest absolute Gasteiger partial charge is 0.335 e. The van der Waals surface area contributed by atoms with Crippen LogP contribution in [0.4, 0.5) is 10.1 Å². The lowest BCUT2D eigenvalue weighted by atomic mass is 10.2. The van der Waals surface area contributed by atoms with Gasteiger partial charge in [-0.25, -0.2) is 9.18 Å². The summed E-state index contributed by atoms with van der Waals surface area (Å²) in [5, 5.41) is 11.5. The molecule has 0 saturated heterocycles. The molecule has 0 fully saturated rings. The molecular formula is C18H11ClFNO4. The van der Waals surface area contributed by atoms with Gasteiger partial charge in [0.05, 0.1) is 10.6 Å². The second kappa shape index (κ2) is 6.78. The molecule has 25 heavy (non-hydrogen) atoms. The largest absolute Gasteiger partial charge is 0.478 e. The SMILES string of the molecule is O=C(O)c1cccc(NC(=O)c2ccc(-c3ccc(F)c(Cl)c3)o2)c1. The van der Waals surface area contributed by atoms with E-state index in [-0.39, 0.29) is 16.3 Å². The Bertz CT molecular complexity index is 967. The Kier molecular flexibility index (Phi) is 4.54. The maximum atomic E-state index is 13.2. The molecule has 0 radical (unpaired) electrons. The summed E-state index contributed by atoms with van der Waals surface area (Å²) in [5.74, 6) is -1.80. The molecule has 0 unspecified atom stereocenters. The normalized spacial score (nSPS) is 10.5. The molecule has 2 N–H and O–H groups in total. The van der Waals surface area contributed by atoms with Gasteiger partial charge in [-0.15, -0.1) is 0 Å². The van der Waals surface area contributed by atoms with Crippen LogP contribution in [0.3, 0.4) is 0 Å². The van der Waals surface area contributed by atoms with Crippen molar-refractivity contribution in [2.45, 2.75) is 0 Å². The summed E-state index contributed by atoms with van der Waals surface area (Å²) in [7, 11) is 0. The van der Waals surface area contributed by atoms with Gasteiger partial charge >= 0.3 is 5.97 Å². The van der Waals surface area contributed by atoms with Crippen LogP contribution in [0.2, 0.25) is 5.02 Å². The standard InChI is InChI=1S/C18H11ClFNO4/c19-13-9-10(4-5-14(13)20)15-6-7-16(25-15)17(22)21-12-3-1-2-11(8-12)18(23)24/h1-9H,(H,21,22)(H,23,24). The second-order valence-electron chi connectivity index (χ2n) is 5.13. The molecule has 1 aromatic heterocycles. The van der Waals surface area contributed by atoms with E-state index < -0.39 is 17.7 Å². The molecule has 1 heterocycles. The fourth-order valence-electron chi connectivity index (χ4n) is 2.19. The van der Waals surface area contributed by atoms with Crippen molar-refractivity contribution in [3.05, 3.63) is 76.8 Å². The van der Waals surface area contributed by atoms with Crippen LogP contribution in [0.25, 0.3) is 11.3 Å². The number of amides is 1. The van der Waals surface area contributed by atoms with Gasteiger partial charge in [-0.1, -0.05) is 17.7 Å². The lowest BCUT2D eigenvalue weighted by Crippen LogP contribution is -2.11. The summed E-state index contributed by atoms with van der Waals surface area (Å²) in [6.07, 6.45) is 0. The van der Waals surface area contributed by atoms with Gasteiger partial charge < -0.3 is 14.8 Å². The van der Waals surface area contributed by atoms with Crippen LogP contribution < -0.4 is 5.32 Å². The first-order valence-electron chi connectivity index (χ1n) is 7.14. The van der Waals surface area contributed by atoms with E-state index in [9.17, 15) is 14.0 Å². The van der Waals surface area contributed by atoms with Crippen LogP contribution in [-0.2, 0) is 0 Å². The highest BCUT2D eigenvalue weighted by Crippen LogP contribution is 2.27. The molecule has 0 aliphatic heterocycles. The molecule has 0 atom stereocenters. The van der Waals surface area contributed by atoms with E-state index >= 15 is 0 Å². The van der Waals surface area contributed by atoms with Gasteiger partial charge in [0.1, 0.15) is 11.6 Å². The van der Waals surface area contributed by atoms with Crippen molar-refractivity contribution in [1.29, 1.82) is 0 Å². The lowest BCUT2D eigenvalue weighted by molar-refractivity contribution is 0.0696.